The first kappa shape index (κ1) is 17.6. The number of carbonyl (C=O) groups excluding carboxylic acids is 2. The molecule has 0 saturated carbocycles. The van der Waals surface area contributed by atoms with Crippen LogP contribution in [-0.4, -0.2) is 18.4 Å². The number of aryl methyl sites for hydroxylation is 2. The molecule has 1 aliphatic heterocycles. The number of halogens is 2. The van der Waals surface area contributed by atoms with Crippen LogP contribution in [0.1, 0.15) is 17.5 Å². The lowest BCUT2D eigenvalue weighted by molar-refractivity contribution is -0.122. The van der Waals surface area contributed by atoms with Crippen LogP contribution in [0.2, 0.25) is 0 Å². The van der Waals surface area contributed by atoms with Crippen molar-refractivity contribution in [1.82, 2.24) is 0 Å². The highest BCUT2D eigenvalue weighted by Crippen LogP contribution is 2.28. The van der Waals surface area contributed by atoms with Gasteiger partial charge in [-0.15, -0.1) is 0 Å². The third-order valence-electron chi connectivity index (χ3n) is 4.41. The summed E-state index contributed by atoms with van der Waals surface area (Å²) in [5.74, 6) is -1.19. The average molecular weight is 405 g/mol. The molecule has 0 aromatic heterocycles. The molecule has 3 rings (SSSR count). The van der Waals surface area contributed by atoms with Gasteiger partial charge in [0.1, 0.15) is 5.82 Å². The zero-order chi connectivity index (χ0) is 18.1. The minimum absolute atomic E-state index is 0.122. The lowest BCUT2D eigenvalue weighted by Crippen LogP contribution is -2.28. The maximum Gasteiger partial charge on any atom is 0.229 e. The van der Waals surface area contributed by atoms with Gasteiger partial charge in [-0.3, -0.25) is 9.59 Å². The quantitative estimate of drug-likeness (QED) is 0.833. The number of hydrogen-bond donors (Lipinski definition) is 1. The minimum Gasteiger partial charge on any atom is -0.326 e. The van der Waals surface area contributed by atoms with Crippen LogP contribution in [0.4, 0.5) is 15.8 Å². The maximum absolute atomic E-state index is 13.8. The van der Waals surface area contributed by atoms with Crippen LogP contribution in [0.15, 0.2) is 40.9 Å². The highest BCUT2D eigenvalue weighted by atomic mass is 79.9. The summed E-state index contributed by atoms with van der Waals surface area (Å²) in [4.78, 5) is 26.3. The fourth-order valence-electron chi connectivity index (χ4n) is 2.88. The minimum atomic E-state index is -0.458. The molecule has 1 aliphatic rings. The van der Waals surface area contributed by atoms with Crippen molar-refractivity contribution < 1.29 is 14.0 Å². The molecule has 1 heterocycles. The number of nitrogens with zero attached hydrogens (tertiary/aromatic N) is 1. The van der Waals surface area contributed by atoms with Gasteiger partial charge in [-0.25, -0.2) is 4.39 Å². The molecule has 1 N–H and O–H groups in total. The van der Waals surface area contributed by atoms with Crippen LogP contribution in [0.5, 0.6) is 0 Å². The number of carbonyl (C=O) groups is 2. The van der Waals surface area contributed by atoms with Crippen molar-refractivity contribution in [2.75, 3.05) is 16.8 Å². The Morgan fingerprint density at radius 3 is 2.64 bits per heavy atom. The topological polar surface area (TPSA) is 49.4 Å². The predicted octanol–water partition coefficient (Wildman–Crippen LogP) is 4.20. The molecule has 6 heteroatoms. The molecule has 25 heavy (non-hydrogen) atoms. The summed E-state index contributed by atoms with van der Waals surface area (Å²) in [7, 11) is 0. The van der Waals surface area contributed by atoms with Crippen molar-refractivity contribution in [1.29, 1.82) is 0 Å². The molecule has 2 amide bonds. The van der Waals surface area contributed by atoms with Crippen molar-refractivity contribution in [3.8, 4) is 0 Å². The summed E-state index contributed by atoms with van der Waals surface area (Å²) in [6.07, 6.45) is 0.122. The summed E-state index contributed by atoms with van der Waals surface area (Å²) in [6, 6.07) is 10.3. The Morgan fingerprint density at radius 2 is 1.96 bits per heavy atom. The highest BCUT2D eigenvalue weighted by molar-refractivity contribution is 9.10. The van der Waals surface area contributed by atoms with Gasteiger partial charge in [-0.2, -0.15) is 0 Å². The van der Waals surface area contributed by atoms with Crippen LogP contribution < -0.4 is 10.2 Å². The normalized spacial score (nSPS) is 17.0. The molecule has 2 aromatic carbocycles. The van der Waals surface area contributed by atoms with Gasteiger partial charge in [-0.1, -0.05) is 22.0 Å². The van der Waals surface area contributed by atoms with Gasteiger partial charge in [-0.05, 0) is 55.3 Å². The van der Waals surface area contributed by atoms with E-state index in [4.69, 9.17) is 0 Å². The van der Waals surface area contributed by atoms with E-state index < -0.39 is 5.92 Å². The lowest BCUT2D eigenvalue weighted by Gasteiger charge is -2.17. The molecule has 4 nitrogen and oxygen atoms in total. The number of anilines is 2. The Labute approximate surface area is 154 Å². The molecule has 0 bridgehead atoms. The molecule has 0 radical (unpaired) electrons. The van der Waals surface area contributed by atoms with Crippen molar-refractivity contribution in [3.05, 3.63) is 57.8 Å². The molecule has 1 saturated heterocycles. The smallest absolute Gasteiger partial charge is 0.229 e. The first-order valence-electron chi connectivity index (χ1n) is 7.98. The molecule has 1 fully saturated rings. The molecule has 0 spiro atoms. The van der Waals surface area contributed by atoms with Crippen molar-refractivity contribution in [2.45, 2.75) is 20.3 Å². The van der Waals surface area contributed by atoms with E-state index in [0.29, 0.717) is 11.3 Å². The highest BCUT2D eigenvalue weighted by Gasteiger charge is 2.35. The number of nitrogens with one attached hydrogen (secondary N) is 1. The van der Waals surface area contributed by atoms with Crippen LogP contribution in [-0.2, 0) is 9.59 Å². The van der Waals surface area contributed by atoms with Crippen LogP contribution in [0.3, 0.4) is 0 Å². The van der Waals surface area contributed by atoms with E-state index in [0.717, 1.165) is 15.7 Å². The van der Waals surface area contributed by atoms with E-state index in [1.807, 2.05) is 25.1 Å². The molecular formula is C19H18BrFN2O2. The van der Waals surface area contributed by atoms with Gasteiger partial charge in [0.25, 0.3) is 0 Å². The molecular weight excluding hydrogens is 387 g/mol. The third-order valence-corrected chi connectivity index (χ3v) is 4.90. The Hall–Kier alpha value is -2.21. The Bertz CT molecular complexity index is 853. The standard InChI is InChI=1S/C19H18BrFN2O2/c1-11-3-5-15(9-16(11)21)23-10-13(8-18(23)24)19(25)22-17-6-4-14(20)7-12(17)2/h3-7,9,13H,8,10H2,1-2H3,(H,22,25). The van der Waals surface area contributed by atoms with Crippen LogP contribution in [0, 0.1) is 25.6 Å². The summed E-state index contributed by atoms with van der Waals surface area (Å²) in [6.45, 7) is 3.83. The third kappa shape index (κ3) is 3.74. The number of rotatable bonds is 3. The SMILES string of the molecule is Cc1ccc(N2CC(C(=O)Nc3ccc(Br)cc3C)CC2=O)cc1F. The molecule has 1 atom stereocenters. The Balaban J connectivity index is 1.73. The first-order valence-corrected chi connectivity index (χ1v) is 8.78. The molecule has 0 aliphatic carbocycles. The van der Waals surface area contributed by atoms with Crippen molar-refractivity contribution >= 4 is 39.1 Å². The maximum atomic E-state index is 13.8. The first-order chi connectivity index (χ1) is 11.8. The summed E-state index contributed by atoms with van der Waals surface area (Å²) in [5, 5.41) is 2.88. The summed E-state index contributed by atoms with van der Waals surface area (Å²) >= 11 is 3.39. The molecule has 1 unspecified atom stereocenters. The van der Waals surface area contributed by atoms with Gasteiger partial charge in [0.05, 0.1) is 5.92 Å². The zero-order valence-electron chi connectivity index (χ0n) is 14.0. The van der Waals surface area contributed by atoms with Gasteiger partial charge >= 0.3 is 0 Å². The van der Waals surface area contributed by atoms with Gasteiger partial charge in [0.2, 0.25) is 11.8 Å². The number of benzene rings is 2. The summed E-state index contributed by atoms with van der Waals surface area (Å²) < 4.78 is 14.7. The van der Waals surface area contributed by atoms with E-state index in [-0.39, 0.29) is 30.6 Å². The second kappa shape index (κ2) is 6.96. The lowest BCUT2D eigenvalue weighted by atomic mass is 10.1. The van der Waals surface area contributed by atoms with Crippen LogP contribution >= 0.6 is 15.9 Å². The van der Waals surface area contributed by atoms with Crippen molar-refractivity contribution in [2.24, 2.45) is 5.92 Å². The fourth-order valence-corrected chi connectivity index (χ4v) is 3.36. The number of amides is 2. The zero-order valence-corrected chi connectivity index (χ0v) is 15.6. The van der Waals surface area contributed by atoms with E-state index in [2.05, 4.69) is 21.2 Å². The predicted molar refractivity (Wildman–Crippen MR) is 99.1 cm³/mol. The van der Waals surface area contributed by atoms with E-state index in [1.54, 1.807) is 19.1 Å². The monoisotopic (exact) mass is 404 g/mol. The number of hydrogen-bond acceptors (Lipinski definition) is 2. The van der Waals surface area contributed by atoms with E-state index >= 15 is 0 Å². The van der Waals surface area contributed by atoms with Crippen LogP contribution in [0.25, 0.3) is 0 Å². The second-order valence-corrected chi connectivity index (χ2v) is 7.20. The fraction of sp³-hybridized carbons (Fsp3) is 0.263. The Morgan fingerprint density at radius 1 is 1.20 bits per heavy atom. The van der Waals surface area contributed by atoms with Crippen molar-refractivity contribution in [3.63, 3.8) is 0 Å². The second-order valence-electron chi connectivity index (χ2n) is 6.29. The van der Waals surface area contributed by atoms with E-state index in [9.17, 15) is 14.0 Å². The van der Waals surface area contributed by atoms with E-state index in [1.165, 1.54) is 11.0 Å². The molecule has 130 valence electrons. The van der Waals surface area contributed by atoms with Gasteiger partial charge < -0.3 is 10.2 Å². The van der Waals surface area contributed by atoms with Gasteiger partial charge in [0, 0.05) is 28.8 Å². The molecule has 2 aromatic rings. The average Bonchev–Trinajstić information content (AvgIpc) is 2.95. The Kier molecular flexibility index (Phi) is 4.90. The summed E-state index contributed by atoms with van der Waals surface area (Å²) in [5.41, 5.74) is 2.67. The largest absolute Gasteiger partial charge is 0.326 e. The van der Waals surface area contributed by atoms with Gasteiger partial charge in [0.15, 0.2) is 0 Å².